The minimum Gasteiger partial charge on any atom is -0.475 e. The molecule has 0 spiro atoms. The third-order valence-electron chi connectivity index (χ3n) is 4.48. The lowest BCUT2D eigenvalue weighted by molar-refractivity contribution is -0.192. The highest BCUT2D eigenvalue weighted by molar-refractivity contribution is 5.75. The van der Waals surface area contributed by atoms with Gasteiger partial charge in [0.1, 0.15) is 11.6 Å². The molecule has 0 bridgehead atoms. The third-order valence-corrected chi connectivity index (χ3v) is 4.48. The lowest BCUT2D eigenvalue weighted by Crippen LogP contribution is -2.21. The fourth-order valence-corrected chi connectivity index (χ4v) is 2.80. The summed E-state index contributed by atoms with van der Waals surface area (Å²) in [6.07, 6.45) is -3.11. The van der Waals surface area contributed by atoms with Crippen LogP contribution in [-0.4, -0.2) is 52.8 Å². The zero-order chi connectivity index (χ0) is 23.2. The van der Waals surface area contributed by atoms with Crippen LogP contribution in [0, 0.1) is 6.92 Å². The van der Waals surface area contributed by atoms with Gasteiger partial charge < -0.3 is 20.3 Å². The van der Waals surface area contributed by atoms with E-state index in [1.165, 1.54) is 11.1 Å². The second-order valence-electron chi connectivity index (χ2n) is 7.35. The maximum Gasteiger partial charge on any atom is 0.490 e. The van der Waals surface area contributed by atoms with Gasteiger partial charge in [0.25, 0.3) is 0 Å². The number of nitrogens with one attached hydrogen (secondary N) is 2. The summed E-state index contributed by atoms with van der Waals surface area (Å²) in [5.74, 6) is -0.390. The fourth-order valence-electron chi connectivity index (χ4n) is 2.80. The first-order valence-electron chi connectivity index (χ1n) is 9.56. The van der Waals surface area contributed by atoms with Crippen LogP contribution in [-0.2, 0) is 11.3 Å². The number of halogens is 3. The first-order chi connectivity index (χ1) is 14.5. The van der Waals surface area contributed by atoms with Crippen molar-refractivity contribution in [2.75, 3.05) is 25.5 Å². The Hall–Kier alpha value is -3.14. The molecule has 2 heterocycles. The second-order valence-corrected chi connectivity index (χ2v) is 7.35. The smallest absolute Gasteiger partial charge is 0.475 e. The van der Waals surface area contributed by atoms with Gasteiger partial charge in [-0.15, -0.1) is 0 Å². The van der Waals surface area contributed by atoms with E-state index in [0.717, 1.165) is 35.8 Å². The number of imidazole rings is 1. The van der Waals surface area contributed by atoms with Crippen LogP contribution in [0.2, 0.25) is 0 Å². The summed E-state index contributed by atoms with van der Waals surface area (Å²) in [5.41, 5.74) is 4.65. The van der Waals surface area contributed by atoms with Crippen molar-refractivity contribution in [3.05, 3.63) is 53.5 Å². The summed E-state index contributed by atoms with van der Waals surface area (Å²) in [5, 5.41) is 10.7. The standard InChI is InChI=1S/C19H25N5.C2HF3O2/c1-13(16-6-8-19(21-12-16)24(3)4)10-20-11-15-5-7-17-18(9-15)23-14(2)22-17;3-2(4,5)1(6)7/h5-9,12-13,20H,10-11H2,1-4H3,(H,22,23);(H,6,7). The number of carboxylic acids is 1. The van der Waals surface area contributed by atoms with E-state index in [0.29, 0.717) is 5.92 Å². The summed E-state index contributed by atoms with van der Waals surface area (Å²) in [6, 6.07) is 10.6. The zero-order valence-electron chi connectivity index (χ0n) is 17.8. The van der Waals surface area contributed by atoms with E-state index in [4.69, 9.17) is 9.90 Å². The number of anilines is 1. The number of benzene rings is 1. The number of carboxylic acid groups (broad SMARTS) is 1. The Morgan fingerprint density at radius 3 is 2.48 bits per heavy atom. The number of carbonyl (C=O) groups is 1. The lowest BCUT2D eigenvalue weighted by atomic mass is 10.0. The SMILES string of the molecule is Cc1nc2ccc(CNCC(C)c3ccc(N(C)C)nc3)cc2[nH]1.O=C(O)C(F)(F)F. The van der Waals surface area contributed by atoms with Crippen molar-refractivity contribution >= 4 is 22.8 Å². The number of hydrogen-bond acceptors (Lipinski definition) is 5. The molecule has 168 valence electrons. The molecule has 10 heteroatoms. The summed E-state index contributed by atoms with van der Waals surface area (Å²) in [7, 11) is 4.01. The van der Waals surface area contributed by atoms with Crippen molar-refractivity contribution in [1.29, 1.82) is 0 Å². The van der Waals surface area contributed by atoms with Gasteiger partial charge in [-0.25, -0.2) is 14.8 Å². The quantitative estimate of drug-likeness (QED) is 0.542. The van der Waals surface area contributed by atoms with E-state index in [1.54, 1.807) is 0 Å². The molecule has 1 atom stereocenters. The molecule has 3 N–H and O–H groups in total. The Morgan fingerprint density at radius 2 is 1.94 bits per heavy atom. The molecule has 0 aliphatic heterocycles. The molecular weight excluding hydrogens is 411 g/mol. The Bertz CT molecular complexity index is 1000. The van der Waals surface area contributed by atoms with Crippen LogP contribution < -0.4 is 10.2 Å². The number of alkyl halides is 3. The second kappa shape index (κ2) is 10.3. The number of fused-ring (bicyclic) bond motifs is 1. The van der Waals surface area contributed by atoms with Crippen molar-refractivity contribution in [3.8, 4) is 0 Å². The Kier molecular flexibility index (Phi) is 7.98. The number of pyridine rings is 1. The minimum atomic E-state index is -5.08. The van der Waals surface area contributed by atoms with Crippen LogP contribution in [0.5, 0.6) is 0 Å². The van der Waals surface area contributed by atoms with E-state index in [-0.39, 0.29) is 0 Å². The van der Waals surface area contributed by atoms with Gasteiger partial charge in [0, 0.05) is 33.4 Å². The number of aliphatic carboxylic acids is 1. The molecule has 2 aromatic heterocycles. The maximum atomic E-state index is 10.6. The topological polar surface area (TPSA) is 94.1 Å². The van der Waals surface area contributed by atoms with Crippen molar-refractivity contribution in [3.63, 3.8) is 0 Å². The van der Waals surface area contributed by atoms with E-state index < -0.39 is 12.1 Å². The largest absolute Gasteiger partial charge is 0.490 e. The highest BCUT2D eigenvalue weighted by Gasteiger charge is 2.38. The van der Waals surface area contributed by atoms with Crippen LogP contribution in [0.1, 0.15) is 29.8 Å². The van der Waals surface area contributed by atoms with E-state index in [2.05, 4.69) is 57.5 Å². The van der Waals surface area contributed by atoms with Gasteiger partial charge in [-0.2, -0.15) is 13.2 Å². The number of H-pyrrole nitrogens is 1. The van der Waals surface area contributed by atoms with Gasteiger partial charge in [0.2, 0.25) is 0 Å². The Labute approximate surface area is 178 Å². The molecule has 0 radical (unpaired) electrons. The summed E-state index contributed by atoms with van der Waals surface area (Å²) in [6.45, 7) is 5.97. The molecule has 31 heavy (non-hydrogen) atoms. The normalized spacial score (nSPS) is 12.2. The molecule has 1 unspecified atom stereocenters. The van der Waals surface area contributed by atoms with Crippen LogP contribution in [0.3, 0.4) is 0 Å². The van der Waals surface area contributed by atoms with E-state index in [9.17, 15) is 13.2 Å². The fraction of sp³-hybridized carbons (Fsp3) is 0.381. The molecule has 0 aliphatic carbocycles. The van der Waals surface area contributed by atoms with Gasteiger partial charge in [-0.05, 0) is 42.2 Å². The van der Waals surface area contributed by atoms with Gasteiger partial charge in [0.05, 0.1) is 11.0 Å². The van der Waals surface area contributed by atoms with Gasteiger partial charge in [-0.3, -0.25) is 0 Å². The lowest BCUT2D eigenvalue weighted by Gasteiger charge is -2.15. The number of aromatic amines is 1. The number of rotatable bonds is 6. The van der Waals surface area contributed by atoms with Crippen LogP contribution in [0.4, 0.5) is 19.0 Å². The number of hydrogen-bond donors (Lipinski definition) is 3. The van der Waals surface area contributed by atoms with Crippen molar-refractivity contribution in [2.45, 2.75) is 32.5 Å². The van der Waals surface area contributed by atoms with Crippen LogP contribution >= 0.6 is 0 Å². The van der Waals surface area contributed by atoms with Crippen molar-refractivity contribution < 1.29 is 23.1 Å². The van der Waals surface area contributed by atoms with Crippen molar-refractivity contribution in [2.24, 2.45) is 0 Å². The van der Waals surface area contributed by atoms with Gasteiger partial charge in [0.15, 0.2) is 0 Å². The van der Waals surface area contributed by atoms with Crippen molar-refractivity contribution in [1.82, 2.24) is 20.3 Å². The van der Waals surface area contributed by atoms with E-state index >= 15 is 0 Å². The molecule has 7 nitrogen and oxygen atoms in total. The Balaban J connectivity index is 0.000000423. The summed E-state index contributed by atoms with van der Waals surface area (Å²) >= 11 is 0. The van der Waals surface area contributed by atoms with Crippen LogP contribution in [0.15, 0.2) is 36.5 Å². The molecule has 0 saturated carbocycles. The molecule has 0 amide bonds. The summed E-state index contributed by atoms with van der Waals surface area (Å²) < 4.78 is 31.7. The molecule has 0 saturated heterocycles. The number of aromatic nitrogens is 3. The first-order valence-corrected chi connectivity index (χ1v) is 9.56. The van der Waals surface area contributed by atoms with Crippen LogP contribution in [0.25, 0.3) is 11.0 Å². The highest BCUT2D eigenvalue weighted by atomic mass is 19.4. The maximum absolute atomic E-state index is 10.6. The predicted octanol–water partition coefficient (Wildman–Crippen LogP) is 3.86. The monoisotopic (exact) mass is 437 g/mol. The van der Waals surface area contributed by atoms with E-state index in [1.807, 2.05) is 32.1 Å². The Morgan fingerprint density at radius 1 is 1.26 bits per heavy atom. The molecular formula is C21H26F3N5O2. The molecule has 3 aromatic rings. The van der Waals surface area contributed by atoms with Gasteiger partial charge >= 0.3 is 12.1 Å². The molecule has 0 fully saturated rings. The molecule has 1 aromatic carbocycles. The zero-order valence-corrected chi connectivity index (χ0v) is 17.8. The number of nitrogens with zero attached hydrogens (tertiary/aromatic N) is 3. The molecule has 3 rings (SSSR count). The number of aryl methyl sites for hydroxylation is 1. The average molecular weight is 437 g/mol. The first kappa shape index (κ1) is 24.1. The average Bonchev–Trinajstić information content (AvgIpc) is 3.07. The highest BCUT2D eigenvalue weighted by Crippen LogP contribution is 2.17. The molecule has 0 aliphatic rings. The summed E-state index contributed by atoms with van der Waals surface area (Å²) in [4.78, 5) is 23.1. The minimum absolute atomic E-state index is 0.423. The predicted molar refractivity (Wildman–Crippen MR) is 113 cm³/mol. The van der Waals surface area contributed by atoms with Gasteiger partial charge in [-0.1, -0.05) is 19.1 Å². The third kappa shape index (κ3) is 7.25.